The Morgan fingerprint density at radius 1 is 1.36 bits per heavy atom. The van der Waals surface area contributed by atoms with Crippen molar-refractivity contribution in [1.82, 2.24) is 10.2 Å². The van der Waals surface area contributed by atoms with Gasteiger partial charge in [0.1, 0.15) is 0 Å². The van der Waals surface area contributed by atoms with Crippen LogP contribution >= 0.6 is 11.6 Å². The molecule has 3 rings (SSSR count). The van der Waals surface area contributed by atoms with E-state index in [4.69, 9.17) is 11.6 Å². The number of halogens is 1. The summed E-state index contributed by atoms with van der Waals surface area (Å²) >= 11 is 5.97. The number of carbonyl (C=O) groups is 2. The molecule has 1 aromatic carbocycles. The molecule has 1 unspecified atom stereocenters. The van der Waals surface area contributed by atoms with Gasteiger partial charge in [0, 0.05) is 30.5 Å². The number of hydrogen-bond acceptors (Lipinski definition) is 2. The molecular formula is C17H21ClN2O2. The van der Waals surface area contributed by atoms with Gasteiger partial charge in [0.25, 0.3) is 0 Å². The number of amides is 2. The van der Waals surface area contributed by atoms with Crippen LogP contribution in [0.5, 0.6) is 0 Å². The molecule has 1 aliphatic carbocycles. The average Bonchev–Trinajstić information content (AvgIpc) is 2.74. The second-order valence-electron chi connectivity index (χ2n) is 6.26. The smallest absolute Gasteiger partial charge is 0.224 e. The van der Waals surface area contributed by atoms with Gasteiger partial charge in [-0.3, -0.25) is 9.59 Å². The molecule has 1 saturated carbocycles. The predicted molar refractivity (Wildman–Crippen MR) is 85.6 cm³/mol. The van der Waals surface area contributed by atoms with Gasteiger partial charge in [0.2, 0.25) is 11.8 Å². The molecule has 0 bridgehead atoms. The molecule has 2 fully saturated rings. The maximum absolute atomic E-state index is 12.1. The first kappa shape index (κ1) is 15.3. The molecule has 1 N–H and O–H groups in total. The zero-order chi connectivity index (χ0) is 15.5. The zero-order valence-corrected chi connectivity index (χ0v) is 13.3. The maximum Gasteiger partial charge on any atom is 0.224 e. The number of benzene rings is 1. The van der Waals surface area contributed by atoms with Crippen LogP contribution in [0, 0.1) is 5.92 Å². The topological polar surface area (TPSA) is 49.4 Å². The molecular weight excluding hydrogens is 300 g/mol. The van der Waals surface area contributed by atoms with Crippen molar-refractivity contribution < 1.29 is 9.59 Å². The Bertz CT molecular complexity index is 572. The summed E-state index contributed by atoms with van der Waals surface area (Å²) in [5.74, 6) is 0.428. The van der Waals surface area contributed by atoms with Gasteiger partial charge in [-0.25, -0.2) is 0 Å². The van der Waals surface area contributed by atoms with Crippen LogP contribution in [0.3, 0.4) is 0 Å². The third-order valence-electron chi connectivity index (χ3n) is 4.60. The average molecular weight is 321 g/mol. The van der Waals surface area contributed by atoms with Crippen LogP contribution in [-0.2, 0) is 16.0 Å². The van der Waals surface area contributed by atoms with E-state index in [2.05, 4.69) is 5.32 Å². The summed E-state index contributed by atoms with van der Waals surface area (Å²) < 4.78 is 0. The van der Waals surface area contributed by atoms with Gasteiger partial charge < -0.3 is 10.2 Å². The largest absolute Gasteiger partial charge is 0.351 e. The number of hydrogen-bond donors (Lipinski definition) is 1. The van der Waals surface area contributed by atoms with Crippen LogP contribution in [-0.4, -0.2) is 35.8 Å². The Morgan fingerprint density at radius 2 is 2.18 bits per heavy atom. The SMILES string of the molecule is O=C(NC1CC(=O)N(CCc2cccc(Cl)c2)C1)C1CCC1. The highest BCUT2D eigenvalue weighted by molar-refractivity contribution is 6.30. The number of nitrogens with zero attached hydrogens (tertiary/aromatic N) is 1. The Balaban J connectivity index is 1.48. The highest BCUT2D eigenvalue weighted by Crippen LogP contribution is 2.26. The summed E-state index contributed by atoms with van der Waals surface area (Å²) in [6.45, 7) is 1.30. The summed E-state index contributed by atoms with van der Waals surface area (Å²) in [5, 5.41) is 3.74. The highest BCUT2D eigenvalue weighted by Gasteiger charge is 2.33. The van der Waals surface area contributed by atoms with E-state index < -0.39 is 0 Å². The van der Waals surface area contributed by atoms with Crippen LogP contribution in [0.15, 0.2) is 24.3 Å². The van der Waals surface area contributed by atoms with Gasteiger partial charge in [0.15, 0.2) is 0 Å². The van der Waals surface area contributed by atoms with Gasteiger partial charge in [-0.1, -0.05) is 30.2 Å². The van der Waals surface area contributed by atoms with Gasteiger partial charge in [0.05, 0.1) is 6.04 Å². The number of likely N-dealkylation sites (tertiary alicyclic amines) is 1. The van der Waals surface area contributed by atoms with Crippen LogP contribution < -0.4 is 5.32 Å². The summed E-state index contributed by atoms with van der Waals surface area (Å²) in [6.07, 6.45) is 4.34. The third kappa shape index (κ3) is 3.61. The molecule has 1 aromatic rings. The van der Waals surface area contributed by atoms with Gasteiger partial charge in [-0.15, -0.1) is 0 Å². The van der Waals surface area contributed by atoms with E-state index in [1.807, 2.05) is 29.2 Å². The monoisotopic (exact) mass is 320 g/mol. The summed E-state index contributed by atoms with van der Waals surface area (Å²) in [5.41, 5.74) is 1.13. The number of rotatable bonds is 5. The predicted octanol–water partition coefficient (Wildman–Crippen LogP) is 2.40. The van der Waals surface area contributed by atoms with Crippen molar-refractivity contribution >= 4 is 23.4 Å². The molecule has 1 saturated heterocycles. The molecule has 0 aromatic heterocycles. The second-order valence-corrected chi connectivity index (χ2v) is 6.69. The first-order valence-corrected chi connectivity index (χ1v) is 8.32. The van der Waals surface area contributed by atoms with Gasteiger partial charge >= 0.3 is 0 Å². The van der Waals surface area contributed by atoms with Crippen molar-refractivity contribution in [2.75, 3.05) is 13.1 Å². The molecule has 4 nitrogen and oxygen atoms in total. The number of carbonyl (C=O) groups excluding carboxylic acids is 2. The van der Waals surface area contributed by atoms with E-state index in [0.29, 0.717) is 19.5 Å². The minimum absolute atomic E-state index is 0.0278. The Kier molecular flexibility index (Phi) is 4.67. The van der Waals surface area contributed by atoms with E-state index in [1.54, 1.807) is 0 Å². The highest BCUT2D eigenvalue weighted by atomic mass is 35.5. The van der Waals surface area contributed by atoms with E-state index in [9.17, 15) is 9.59 Å². The second kappa shape index (κ2) is 6.69. The quantitative estimate of drug-likeness (QED) is 0.905. The fourth-order valence-electron chi connectivity index (χ4n) is 3.03. The van der Waals surface area contributed by atoms with Crippen LogP contribution in [0.25, 0.3) is 0 Å². The van der Waals surface area contributed by atoms with Crippen LogP contribution in [0.4, 0.5) is 0 Å². The molecule has 5 heteroatoms. The van der Waals surface area contributed by atoms with Crippen molar-refractivity contribution in [2.45, 2.75) is 38.1 Å². The fraction of sp³-hybridized carbons (Fsp3) is 0.529. The minimum atomic E-state index is -0.0278. The lowest BCUT2D eigenvalue weighted by atomic mass is 9.84. The van der Waals surface area contributed by atoms with Crippen molar-refractivity contribution in [1.29, 1.82) is 0 Å². The minimum Gasteiger partial charge on any atom is -0.351 e. The van der Waals surface area contributed by atoms with Crippen molar-refractivity contribution in [3.63, 3.8) is 0 Å². The van der Waals surface area contributed by atoms with Crippen molar-refractivity contribution in [3.8, 4) is 0 Å². The van der Waals surface area contributed by atoms with Crippen molar-refractivity contribution in [3.05, 3.63) is 34.9 Å². The Morgan fingerprint density at radius 3 is 2.86 bits per heavy atom. The molecule has 1 heterocycles. The summed E-state index contributed by atoms with van der Waals surface area (Å²) in [4.78, 5) is 25.9. The van der Waals surface area contributed by atoms with E-state index >= 15 is 0 Å². The molecule has 118 valence electrons. The molecule has 0 spiro atoms. The van der Waals surface area contributed by atoms with E-state index in [0.717, 1.165) is 36.3 Å². The lowest BCUT2D eigenvalue weighted by Gasteiger charge is -2.26. The first-order chi connectivity index (χ1) is 10.6. The summed E-state index contributed by atoms with van der Waals surface area (Å²) in [6, 6.07) is 7.68. The first-order valence-electron chi connectivity index (χ1n) is 7.94. The molecule has 1 atom stereocenters. The molecule has 0 radical (unpaired) electrons. The Hall–Kier alpha value is -1.55. The lowest BCUT2D eigenvalue weighted by molar-refractivity contribution is -0.128. The Labute approximate surface area is 135 Å². The van der Waals surface area contributed by atoms with Gasteiger partial charge in [-0.05, 0) is 37.0 Å². The standard InChI is InChI=1S/C17H21ClN2O2/c18-14-6-1-3-12(9-14)7-8-20-11-15(10-16(20)21)19-17(22)13-4-2-5-13/h1,3,6,9,13,15H,2,4-5,7-8,10-11H2,(H,19,22). The molecule has 22 heavy (non-hydrogen) atoms. The van der Waals surface area contributed by atoms with Crippen molar-refractivity contribution in [2.24, 2.45) is 5.92 Å². The van der Waals surface area contributed by atoms with Gasteiger partial charge in [-0.2, -0.15) is 0 Å². The lowest BCUT2D eigenvalue weighted by Crippen LogP contribution is -2.42. The molecule has 2 aliphatic rings. The molecule has 1 aliphatic heterocycles. The van der Waals surface area contributed by atoms with E-state index in [1.165, 1.54) is 0 Å². The fourth-order valence-corrected chi connectivity index (χ4v) is 3.24. The molecule has 2 amide bonds. The van der Waals surface area contributed by atoms with Crippen LogP contribution in [0.2, 0.25) is 5.02 Å². The van der Waals surface area contributed by atoms with Crippen LogP contribution in [0.1, 0.15) is 31.2 Å². The maximum atomic E-state index is 12.1. The third-order valence-corrected chi connectivity index (χ3v) is 4.83. The summed E-state index contributed by atoms with van der Waals surface area (Å²) in [7, 11) is 0. The zero-order valence-electron chi connectivity index (χ0n) is 12.6. The normalized spacial score (nSPS) is 21.8. The van der Waals surface area contributed by atoms with E-state index in [-0.39, 0.29) is 23.8 Å². The number of nitrogens with one attached hydrogen (secondary N) is 1.